The molecular formula is C39H38F6IN15O10. The van der Waals surface area contributed by atoms with E-state index < -0.39 is 62.9 Å². The van der Waals surface area contributed by atoms with Crippen molar-refractivity contribution >= 4 is 55.6 Å². The summed E-state index contributed by atoms with van der Waals surface area (Å²) in [4.78, 5) is 58.0. The Bertz CT molecular complexity index is 2720. The van der Waals surface area contributed by atoms with Crippen LogP contribution < -0.4 is 25.2 Å². The van der Waals surface area contributed by atoms with E-state index in [2.05, 4.69) is 123 Å². The van der Waals surface area contributed by atoms with Gasteiger partial charge in [0, 0.05) is 6.07 Å². The van der Waals surface area contributed by atoms with E-state index in [0.29, 0.717) is 10.9 Å². The summed E-state index contributed by atoms with van der Waals surface area (Å²) in [5.41, 5.74) is 0.959. The number of nitrogens with zero attached hydrogens (tertiary/aromatic N) is 13. The first-order valence-electron chi connectivity index (χ1n) is 19.3. The van der Waals surface area contributed by atoms with Crippen molar-refractivity contribution in [1.82, 2.24) is 59.2 Å². The van der Waals surface area contributed by atoms with Crippen LogP contribution in [0.15, 0.2) is 105 Å². The number of benzene rings is 1. The first kappa shape index (κ1) is 53.7. The predicted octanol–water partition coefficient (Wildman–Crippen LogP) is 7.28. The van der Waals surface area contributed by atoms with E-state index in [4.69, 9.17) is 3.07 Å². The molecule has 1 aliphatic rings. The summed E-state index contributed by atoms with van der Waals surface area (Å²) >= 11 is -1.24. The number of methoxy groups -OCH3 is 3. The summed E-state index contributed by atoms with van der Waals surface area (Å²) in [6.07, 6.45) is -2.70. The molecule has 378 valence electrons. The molecule has 0 radical (unpaired) electrons. The Morgan fingerprint density at radius 2 is 1.24 bits per heavy atom. The molecule has 1 aliphatic heterocycles. The fraction of sp³-hybridized carbons (Fsp3) is 0.231. The molecule has 32 heteroatoms. The zero-order valence-corrected chi connectivity index (χ0v) is 39.6. The van der Waals surface area contributed by atoms with Crippen molar-refractivity contribution in [3.05, 3.63) is 114 Å². The number of aromatic nitrogens is 12. The van der Waals surface area contributed by atoms with Crippen molar-refractivity contribution in [1.29, 1.82) is 0 Å². The molecule has 7 heterocycles. The van der Waals surface area contributed by atoms with Crippen LogP contribution in [0.5, 0.6) is 11.6 Å². The number of rotatable bonds is 8. The molecule has 25 nitrogen and oxygen atoms in total. The summed E-state index contributed by atoms with van der Waals surface area (Å²) in [6.45, 7) is 4.32. The number of amides is 3. The zero-order valence-electron chi connectivity index (χ0n) is 37.4. The largest absolute Gasteiger partial charge is 0.574 e. The smallest absolute Gasteiger partial charge is 0.453 e. The standard InChI is InChI=1S/2C10H8F3N5O3.C10H13IO.C9H9N5O3/c1-20-9(19)17-6-3-15-8(18-5-14-4-16-18)2-7(6)21-10(11,12)13;1-20-9(19)16-6-2-3-7(18-5-14-4-15-18)17-8(6)21-10(11,12)13;1-10(2)8-6-4-5-7-9(8)11(3)12-10;1-17-9(15)14(16)7-2-3-8(11-4-7)13-6-10-5-12-13/h2-5H,1H3,(H,17,19);2-5H,1H3,(H,16,19);4-7H,1-3H3;2-6,16H,1H3. The van der Waals surface area contributed by atoms with Gasteiger partial charge in [-0.05, 0) is 24.3 Å². The van der Waals surface area contributed by atoms with Gasteiger partial charge in [0.1, 0.15) is 49.3 Å². The van der Waals surface area contributed by atoms with Gasteiger partial charge in [0.25, 0.3) is 0 Å². The average molecular weight is 1120 g/mol. The summed E-state index contributed by atoms with van der Waals surface area (Å²) in [6, 6.07) is 15.1. The number of ether oxygens (including phenoxy) is 5. The summed E-state index contributed by atoms with van der Waals surface area (Å²) in [5, 5.41) is 25.2. The van der Waals surface area contributed by atoms with Crippen LogP contribution >= 0.6 is 20.2 Å². The number of pyridine rings is 3. The molecular weight excluding hydrogens is 1080 g/mol. The zero-order chi connectivity index (χ0) is 51.9. The predicted molar refractivity (Wildman–Crippen MR) is 239 cm³/mol. The number of hydroxylamine groups is 1. The number of nitrogens with one attached hydrogen (secondary N) is 2. The second-order valence-corrected chi connectivity index (χ2v) is 17.6. The molecule has 0 spiro atoms. The van der Waals surface area contributed by atoms with Crippen LogP contribution in [-0.4, -0.2) is 122 Å². The first-order chi connectivity index (χ1) is 33.6. The van der Waals surface area contributed by atoms with E-state index >= 15 is 0 Å². The molecule has 0 saturated heterocycles. The minimum Gasteiger partial charge on any atom is -0.453 e. The summed E-state index contributed by atoms with van der Waals surface area (Å²) < 4.78 is 106. The van der Waals surface area contributed by atoms with Crippen LogP contribution in [0.3, 0.4) is 0 Å². The number of anilines is 3. The maximum absolute atomic E-state index is 12.4. The second kappa shape index (κ2) is 23.8. The fourth-order valence-electron chi connectivity index (χ4n) is 5.38. The van der Waals surface area contributed by atoms with E-state index in [1.165, 1.54) is 83.3 Å². The minimum absolute atomic E-state index is 0.0298. The molecule has 0 saturated carbocycles. The van der Waals surface area contributed by atoms with Crippen LogP contribution in [0.2, 0.25) is 0 Å². The molecule has 71 heavy (non-hydrogen) atoms. The molecule has 3 N–H and O–H groups in total. The van der Waals surface area contributed by atoms with Crippen molar-refractivity contribution in [3.63, 3.8) is 0 Å². The van der Waals surface area contributed by atoms with Gasteiger partial charge in [0.15, 0.2) is 23.2 Å². The third kappa shape index (κ3) is 15.6. The van der Waals surface area contributed by atoms with Gasteiger partial charge in [-0.3, -0.25) is 15.8 Å². The van der Waals surface area contributed by atoms with Gasteiger partial charge in [-0.25, -0.2) is 53.3 Å². The van der Waals surface area contributed by atoms with E-state index in [1.54, 1.807) is 6.07 Å². The summed E-state index contributed by atoms with van der Waals surface area (Å²) in [7, 11) is 3.30. The molecule has 7 aromatic rings. The Morgan fingerprint density at radius 3 is 1.75 bits per heavy atom. The monoisotopic (exact) mass is 1120 g/mol. The fourth-order valence-corrected chi connectivity index (χ4v) is 9.87. The number of carbonyl (C=O) groups excluding carboxylic acids is 3. The summed E-state index contributed by atoms with van der Waals surface area (Å²) in [5.74, 6) is -0.928. The van der Waals surface area contributed by atoms with Crippen molar-refractivity contribution in [2.45, 2.75) is 32.2 Å². The molecule has 3 amide bonds. The molecule has 0 atom stereocenters. The molecule has 0 fully saturated rings. The maximum atomic E-state index is 12.4. The molecule has 0 aliphatic carbocycles. The Balaban J connectivity index is 0.000000179. The van der Waals surface area contributed by atoms with Gasteiger partial charge in [0.05, 0.1) is 39.4 Å². The Labute approximate surface area is 403 Å². The van der Waals surface area contributed by atoms with E-state index in [0.717, 1.165) is 35.8 Å². The van der Waals surface area contributed by atoms with Gasteiger partial charge in [-0.15, -0.1) is 26.3 Å². The van der Waals surface area contributed by atoms with Crippen molar-refractivity contribution in [2.75, 3.05) is 42.0 Å². The second-order valence-electron chi connectivity index (χ2n) is 13.6. The van der Waals surface area contributed by atoms with Gasteiger partial charge >= 0.3 is 112 Å². The number of carbonyl (C=O) groups is 3. The quantitative estimate of drug-likeness (QED) is 0.0336. The maximum Gasteiger partial charge on any atom is 0.574 e. The van der Waals surface area contributed by atoms with Crippen LogP contribution in [0.4, 0.5) is 57.8 Å². The molecule has 0 bridgehead atoms. The Kier molecular flexibility index (Phi) is 18.0. The van der Waals surface area contributed by atoms with Crippen molar-refractivity contribution < 1.29 is 72.7 Å². The average Bonchev–Trinajstić information content (AvgIpc) is 4.19. The van der Waals surface area contributed by atoms with E-state index in [9.17, 15) is 45.9 Å². The van der Waals surface area contributed by atoms with Gasteiger partial charge < -0.3 is 23.7 Å². The van der Waals surface area contributed by atoms with E-state index in [1.807, 2.05) is 0 Å². The topological polar surface area (TPSA) is 285 Å². The number of alkyl halides is 7. The molecule has 8 rings (SSSR count). The normalized spacial score (nSPS) is 12.7. The van der Waals surface area contributed by atoms with Crippen LogP contribution in [-0.2, 0) is 22.9 Å². The molecule has 6 aromatic heterocycles. The van der Waals surface area contributed by atoms with Crippen LogP contribution in [0, 0.1) is 3.57 Å². The van der Waals surface area contributed by atoms with Crippen LogP contribution in [0.1, 0.15) is 19.4 Å². The van der Waals surface area contributed by atoms with Crippen molar-refractivity contribution in [3.8, 4) is 29.1 Å². The molecule has 1 aromatic carbocycles. The third-order valence-electron chi connectivity index (χ3n) is 8.38. The van der Waals surface area contributed by atoms with Gasteiger partial charge in [-0.1, -0.05) is 0 Å². The van der Waals surface area contributed by atoms with Gasteiger partial charge in [0.2, 0.25) is 5.88 Å². The number of halogens is 7. The molecule has 0 unspecified atom stereocenters. The SMILES string of the molecule is CI1OC(C)(C)c2ccccc21.COC(=O)N(O)c1ccc(-n2cncn2)nc1.COC(=O)Nc1ccc(-n2cncn2)nc1OC(F)(F)F.COC(=O)Nc1cnc(-n2cncn2)cc1OC(F)(F)F. The Morgan fingerprint density at radius 1 is 0.704 bits per heavy atom. The number of hydrogen-bond acceptors (Lipinski definition) is 19. The van der Waals surface area contributed by atoms with Gasteiger partial charge in [-0.2, -0.15) is 25.3 Å². The number of fused-ring (bicyclic) bond motifs is 1. The van der Waals surface area contributed by atoms with Crippen LogP contribution in [0.25, 0.3) is 17.5 Å². The van der Waals surface area contributed by atoms with E-state index in [-0.39, 0.29) is 34.3 Å². The number of hydrogen-bond donors (Lipinski definition) is 3. The third-order valence-corrected chi connectivity index (χ3v) is 12.7. The first-order valence-corrected chi connectivity index (χ1v) is 23.4. The Hall–Kier alpha value is -8.27. The van der Waals surface area contributed by atoms with Crippen molar-refractivity contribution in [2.24, 2.45) is 0 Å². The minimum atomic E-state index is -4.97.